The topological polar surface area (TPSA) is 4.93 Å². The van der Waals surface area contributed by atoms with Crippen molar-refractivity contribution in [2.45, 2.75) is 26.7 Å². The molecule has 1 heterocycles. The Morgan fingerprint density at radius 3 is 2.25 bits per heavy atom. The highest BCUT2D eigenvalue weighted by Crippen LogP contribution is 2.14. The molecular formula is C15H19N. The van der Waals surface area contributed by atoms with Gasteiger partial charge in [0.15, 0.2) is 0 Å². The van der Waals surface area contributed by atoms with E-state index in [9.17, 15) is 0 Å². The first-order chi connectivity index (χ1) is 7.79. The molecule has 1 atom stereocenters. The average Bonchev–Trinajstić information content (AvgIpc) is 2.83. The molecule has 0 radical (unpaired) electrons. The van der Waals surface area contributed by atoms with Crippen LogP contribution in [-0.2, 0) is 6.42 Å². The van der Waals surface area contributed by atoms with Crippen LogP contribution in [0, 0.1) is 5.92 Å². The summed E-state index contributed by atoms with van der Waals surface area (Å²) in [5.74, 6) is 0.775. The second-order valence-electron chi connectivity index (χ2n) is 4.47. The zero-order valence-corrected chi connectivity index (χ0v) is 10.1. The third-order valence-electron chi connectivity index (χ3n) is 3.12. The van der Waals surface area contributed by atoms with Gasteiger partial charge in [0.2, 0.25) is 0 Å². The molecule has 0 N–H and O–H groups in total. The molecule has 0 saturated heterocycles. The molecule has 1 unspecified atom stereocenters. The lowest BCUT2D eigenvalue weighted by Crippen LogP contribution is -1.98. The van der Waals surface area contributed by atoms with E-state index in [-0.39, 0.29) is 0 Å². The molecule has 1 aromatic heterocycles. The predicted molar refractivity (Wildman–Crippen MR) is 68.9 cm³/mol. The minimum atomic E-state index is 0.775. The fourth-order valence-electron chi connectivity index (χ4n) is 1.86. The lowest BCUT2D eigenvalue weighted by molar-refractivity contribution is 0.560. The van der Waals surface area contributed by atoms with Crippen molar-refractivity contribution in [1.29, 1.82) is 0 Å². The molecule has 0 aliphatic rings. The molecule has 0 aliphatic carbocycles. The highest BCUT2D eigenvalue weighted by Gasteiger charge is 2.01. The zero-order chi connectivity index (χ0) is 11.4. The van der Waals surface area contributed by atoms with Crippen LogP contribution in [0.3, 0.4) is 0 Å². The summed E-state index contributed by atoms with van der Waals surface area (Å²) in [4.78, 5) is 0. The van der Waals surface area contributed by atoms with Crippen LogP contribution in [0.25, 0.3) is 5.69 Å². The normalized spacial score (nSPS) is 12.6. The summed E-state index contributed by atoms with van der Waals surface area (Å²) in [6.45, 7) is 4.55. The number of hydrogen-bond donors (Lipinski definition) is 0. The first-order valence-electron chi connectivity index (χ1n) is 6.02. The van der Waals surface area contributed by atoms with Gasteiger partial charge in [-0.25, -0.2) is 0 Å². The summed E-state index contributed by atoms with van der Waals surface area (Å²) < 4.78 is 2.13. The Labute approximate surface area is 97.7 Å². The molecule has 0 spiro atoms. The van der Waals surface area contributed by atoms with Crippen molar-refractivity contribution in [2.24, 2.45) is 5.92 Å². The van der Waals surface area contributed by atoms with Gasteiger partial charge in [-0.3, -0.25) is 0 Å². The van der Waals surface area contributed by atoms with Gasteiger partial charge in [-0.2, -0.15) is 0 Å². The summed E-state index contributed by atoms with van der Waals surface area (Å²) in [6, 6.07) is 13.0. The van der Waals surface area contributed by atoms with Crippen LogP contribution >= 0.6 is 0 Å². The van der Waals surface area contributed by atoms with Gasteiger partial charge < -0.3 is 4.57 Å². The van der Waals surface area contributed by atoms with Crippen molar-refractivity contribution in [2.75, 3.05) is 0 Å². The van der Waals surface area contributed by atoms with Gasteiger partial charge in [-0.05, 0) is 42.2 Å². The summed E-state index contributed by atoms with van der Waals surface area (Å²) in [7, 11) is 0. The highest BCUT2D eigenvalue weighted by atomic mass is 14.9. The third kappa shape index (κ3) is 2.54. The van der Waals surface area contributed by atoms with Crippen LogP contribution in [0.15, 0.2) is 48.8 Å². The molecule has 0 bridgehead atoms. The van der Waals surface area contributed by atoms with E-state index >= 15 is 0 Å². The molecule has 84 valence electrons. The van der Waals surface area contributed by atoms with Gasteiger partial charge in [0.25, 0.3) is 0 Å². The maximum atomic E-state index is 2.31. The molecule has 0 aliphatic heterocycles. The monoisotopic (exact) mass is 213 g/mol. The molecule has 1 aromatic carbocycles. The highest BCUT2D eigenvalue weighted by molar-refractivity contribution is 5.35. The SMILES string of the molecule is CCC(C)Cc1ccc(-n2cccc2)cc1. The van der Waals surface area contributed by atoms with Gasteiger partial charge in [0.1, 0.15) is 0 Å². The summed E-state index contributed by atoms with van der Waals surface area (Å²) >= 11 is 0. The lowest BCUT2D eigenvalue weighted by atomic mass is 9.99. The van der Waals surface area contributed by atoms with E-state index < -0.39 is 0 Å². The molecular weight excluding hydrogens is 194 g/mol. The Morgan fingerprint density at radius 1 is 1.06 bits per heavy atom. The third-order valence-corrected chi connectivity index (χ3v) is 3.12. The first kappa shape index (κ1) is 11.0. The van der Waals surface area contributed by atoms with Gasteiger partial charge in [0.05, 0.1) is 0 Å². The standard InChI is InChI=1S/C15H19N/c1-3-13(2)12-14-6-8-15(9-7-14)16-10-4-5-11-16/h4-11,13H,3,12H2,1-2H3. The fraction of sp³-hybridized carbons (Fsp3) is 0.333. The van der Waals surface area contributed by atoms with E-state index in [4.69, 9.17) is 0 Å². The Hall–Kier alpha value is -1.50. The Morgan fingerprint density at radius 2 is 1.69 bits per heavy atom. The second-order valence-corrected chi connectivity index (χ2v) is 4.47. The molecule has 2 aromatic rings. The quantitative estimate of drug-likeness (QED) is 0.721. The number of nitrogens with zero attached hydrogens (tertiary/aromatic N) is 1. The van der Waals surface area contributed by atoms with Gasteiger partial charge in [0, 0.05) is 18.1 Å². The van der Waals surface area contributed by atoms with Crippen molar-refractivity contribution >= 4 is 0 Å². The van der Waals surface area contributed by atoms with E-state index in [0.29, 0.717) is 0 Å². The number of aromatic nitrogens is 1. The van der Waals surface area contributed by atoms with Crippen LogP contribution in [0.4, 0.5) is 0 Å². The molecule has 1 nitrogen and oxygen atoms in total. The second kappa shape index (κ2) is 5.02. The molecule has 0 amide bonds. The van der Waals surface area contributed by atoms with Crippen LogP contribution in [-0.4, -0.2) is 4.57 Å². The van der Waals surface area contributed by atoms with Crippen molar-refractivity contribution in [3.05, 3.63) is 54.4 Å². The van der Waals surface area contributed by atoms with Crippen LogP contribution in [0.5, 0.6) is 0 Å². The zero-order valence-electron chi connectivity index (χ0n) is 10.1. The van der Waals surface area contributed by atoms with E-state index in [1.165, 1.54) is 24.1 Å². The van der Waals surface area contributed by atoms with E-state index in [2.05, 4.69) is 55.1 Å². The van der Waals surface area contributed by atoms with Gasteiger partial charge in [-0.15, -0.1) is 0 Å². The summed E-state index contributed by atoms with van der Waals surface area (Å²) in [6.07, 6.45) is 6.58. The number of benzene rings is 1. The first-order valence-corrected chi connectivity index (χ1v) is 6.02. The van der Waals surface area contributed by atoms with Crippen molar-refractivity contribution in [3.8, 4) is 5.69 Å². The van der Waals surface area contributed by atoms with Crippen molar-refractivity contribution in [1.82, 2.24) is 4.57 Å². The predicted octanol–water partition coefficient (Wildman–Crippen LogP) is 4.07. The van der Waals surface area contributed by atoms with Crippen LogP contribution in [0.1, 0.15) is 25.8 Å². The maximum Gasteiger partial charge on any atom is 0.0449 e. The maximum absolute atomic E-state index is 2.31. The fourth-order valence-corrected chi connectivity index (χ4v) is 1.86. The Balaban J connectivity index is 2.11. The Bertz CT molecular complexity index is 411. The largest absolute Gasteiger partial charge is 0.324 e. The van der Waals surface area contributed by atoms with E-state index in [1.54, 1.807) is 0 Å². The van der Waals surface area contributed by atoms with Gasteiger partial charge in [-0.1, -0.05) is 32.4 Å². The minimum absolute atomic E-state index is 0.775. The van der Waals surface area contributed by atoms with Crippen molar-refractivity contribution < 1.29 is 0 Å². The minimum Gasteiger partial charge on any atom is -0.324 e. The lowest BCUT2D eigenvalue weighted by Gasteiger charge is -2.09. The summed E-state index contributed by atoms with van der Waals surface area (Å²) in [5, 5.41) is 0. The number of hydrogen-bond acceptors (Lipinski definition) is 0. The summed E-state index contributed by atoms with van der Waals surface area (Å²) in [5.41, 5.74) is 2.67. The molecule has 1 heteroatoms. The molecule has 0 saturated carbocycles. The van der Waals surface area contributed by atoms with Crippen LogP contribution in [0.2, 0.25) is 0 Å². The van der Waals surface area contributed by atoms with E-state index in [0.717, 1.165) is 5.92 Å². The smallest absolute Gasteiger partial charge is 0.0449 e. The molecule has 16 heavy (non-hydrogen) atoms. The Kier molecular flexibility index (Phi) is 3.45. The number of rotatable bonds is 4. The molecule has 2 rings (SSSR count). The van der Waals surface area contributed by atoms with Gasteiger partial charge >= 0.3 is 0 Å². The van der Waals surface area contributed by atoms with E-state index in [1.807, 2.05) is 12.1 Å². The molecule has 0 fully saturated rings. The average molecular weight is 213 g/mol. The van der Waals surface area contributed by atoms with Crippen LogP contribution < -0.4 is 0 Å². The van der Waals surface area contributed by atoms with Crippen molar-refractivity contribution in [3.63, 3.8) is 0 Å².